The predicted octanol–water partition coefficient (Wildman–Crippen LogP) is 3.94. The number of ether oxygens (including phenoxy) is 1. The molecule has 2 saturated heterocycles. The van der Waals surface area contributed by atoms with Crippen LogP contribution in [0.2, 0.25) is 0 Å². The van der Waals surface area contributed by atoms with E-state index in [1.54, 1.807) is 6.07 Å². The number of hydrogen-bond acceptors (Lipinski definition) is 5. The summed E-state index contributed by atoms with van der Waals surface area (Å²) >= 11 is 0. The molecule has 4 rings (SSSR count). The molecule has 1 saturated carbocycles. The molecule has 1 unspecified atom stereocenters. The molecular weight excluding hydrogens is 424 g/mol. The van der Waals surface area contributed by atoms with Gasteiger partial charge in [0.15, 0.2) is 0 Å². The van der Waals surface area contributed by atoms with Crippen molar-refractivity contribution in [3.63, 3.8) is 0 Å². The van der Waals surface area contributed by atoms with Gasteiger partial charge in [-0.05, 0) is 49.3 Å². The van der Waals surface area contributed by atoms with Gasteiger partial charge in [-0.2, -0.15) is 10.6 Å². The molecule has 3 aliphatic rings. The fourth-order valence-electron chi connectivity index (χ4n) is 6.02. The molecule has 4 N–H and O–H groups in total. The first-order valence-corrected chi connectivity index (χ1v) is 12.6. The second-order valence-electron chi connectivity index (χ2n) is 9.14. The van der Waals surface area contributed by atoms with E-state index in [1.807, 2.05) is 19.2 Å². The molecular formula is C22H35ClN2O4S. The average Bonchev–Trinajstić information content (AvgIpc) is 2.69. The van der Waals surface area contributed by atoms with Gasteiger partial charge in [0.25, 0.3) is 0 Å². The molecule has 8 heteroatoms. The van der Waals surface area contributed by atoms with Gasteiger partial charge in [-0.25, -0.2) is 0 Å². The maximum absolute atomic E-state index is 11.7. The number of hydrogen-bond donors (Lipinski definition) is 3. The summed E-state index contributed by atoms with van der Waals surface area (Å²) in [5.74, 6) is 2.02. The van der Waals surface area contributed by atoms with Gasteiger partial charge < -0.3 is 15.4 Å². The number of methoxy groups -OCH3 is 1. The Morgan fingerprint density at radius 1 is 1.20 bits per heavy atom. The van der Waals surface area contributed by atoms with Crippen LogP contribution >= 0.6 is 23.0 Å². The third-order valence-electron chi connectivity index (χ3n) is 7.43. The van der Waals surface area contributed by atoms with Gasteiger partial charge in [0, 0.05) is 55.6 Å². The third-order valence-corrected chi connectivity index (χ3v) is 9.21. The molecule has 1 amide bonds. The van der Waals surface area contributed by atoms with Crippen molar-refractivity contribution in [2.75, 3.05) is 38.2 Å². The molecule has 30 heavy (non-hydrogen) atoms. The first kappa shape index (κ1) is 23.8. The van der Waals surface area contributed by atoms with Gasteiger partial charge in [0.1, 0.15) is 5.60 Å². The normalized spacial score (nSPS) is 32.8. The number of nitrogens with zero attached hydrogens (tertiary/aromatic N) is 1. The molecule has 1 aromatic rings. The number of amides is 1. The van der Waals surface area contributed by atoms with Crippen LogP contribution in [0.15, 0.2) is 24.3 Å². The van der Waals surface area contributed by atoms with Crippen LogP contribution in [-0.2, 0) is 10.3 Å². The Bertz CT molecular complexity index is 738. The van der Waals surface area contributed by atoms with Gasteiger partial charge in [-0.15, -0.1) is 12.4 Å². The van der Waals surface area contributed by atoms with Crippen LogP contribution in [0.5, 0.6) is 0 Å². The molecule has 1 aromatic carbocycles. The zero-order chi connectivity index (χ0) is 20.6. The summed E-state index contributed by atoms with van der Waals surface area (Å²) in [5, 5.41) is 0. The number of likely N-dealkylation sites (tertiary alicyclic amines) is 1. The highest BCUT2D eigenvalue weighted by Gasteiger charge is 2.53. The first-order valence-electron chi connectivity index (χ1n) is 10.8. The summed E-state index contributed by atoms with van der Waals surface area (Å²) in [7, 11) is -0.508. The SMILES string of the molecule is COC1(c2cccc(C(N)=O)c2)[C@@H]2CCC[C@H]1CN(CC1CCS(O)(O)CC1)C2.Cl. The summed E-state index contributed by atoms with van der Waals surface area (Å²) in [6, 6.07) is 7.70. The first-order chi connectivity index (χ1) is 13.8. The average molecular weight is 459 g/mol. The lowest BCUT2D eigenvalue weighted by molar-refractivity contribution is -0.170. The van der Waals surface area contributed by atoms with E-state index >= 15 is 0 Å². The number of nitrogens with two attached hydrogens (primary N) is 1. The molecule has 0 aromatic heterocycles. The minimum atomic E-state index is -2.32. The van der Waals surface area contributed by atoms with Crippen molar-refractivity contribution >= 4 is 28.9 Å². The van der Waals surface area contributed by atoms with Crippen LogP contribution in [0.1, 0.15) is 48.0 Å². The molecule has 3 atom stereocenters. The zero-order valence-corrected chi connectivity index (χ0v) is 19.3. The predicted molar refractivity (Wildman–Crippen MR) is 123 cm³/mol. The number of halogens is 1. The maximum atomic E-state index is 11.7. The van der Waals surface area contributed by atoms with Gasteiger partial charge in [-0.3, -0.25) is 13.9 Å². The summed E-state index contributed by atoms with van der Waals surface area (Å²) in [4.78, 5) is 14.3. The summed E-state index contributed by atoms with van der Waals surface area (Å²) in [6.45, 7) is 3.00. The van der Waals surface area contributed by atoms with Crippen LogP contribution in [0, 0.1) is 17.8 Å². The standard InChI is InChI=1S/C22H34N2O4S.ClH/c1-28-22(18-5-2-4-17(12-18)21(23)25)19-6-3-7-20(22)15-24(14-19)13-16-8-10-29(26,27)11-9-16;/h2,4-5,12,16,19-20,26-27H,3,6-11,13-15H2,1H3,(H2,23,25);1H/t19-,20+,22?;. The van der Waals surface area contributed by atoms with Gasteiger partial charge >= 0.3 is 0 Å². The minimum absolute atomic E-state index is 0. The van der Waals surface area contributed by atoms with Crippen molar-refractivity contribution in [3.05, 3.63) is 35.4 Å². The maximum Gasteiger partial charge on any atom is 0.248 e. The lowest BCUT2D eigenvalue weighted by Gasteiger charge is -2.56. The van der Waals surface area contributed by atoms with E-state index in [0.717, 1.165) is 50.9 Å². The van der Waals surface area contributed by atoms with E-state index in [0.29, 0.717) is 34.8 Å². The lowest BCUT2D eigenvalue weighted by atomic mass is 9.62. The van der Waals surface area contributed by atoms with Crippen molar-refractivity contribution in [3.8, 4) is 0 Å². The lowest BCUT2D eigenvalue weighted by Crippen LogP contribution is -2.59. The number of piperidine rings is 1. The second-order valence-corrected chi connectivity index (χ2v) is 11.6. The number of primary amides is 1. The highest BCUT2D eigenvalue weighted by atomic mass is 35.5. The van der Waals surface area contributed by atoms with Crippen LogP contribution in [0.4, 0.5) is 0 Å². The highest BCUT2D eigenvalue weighted by Crippen LogP contribution is 2.52. The number of rotatable bonds is 5. The van der Waals surface area contributed by atoms with E-state index in [1.165, 1.54) is 6.42 Å². The fourth-order valence-corrected chi connectivity index (χ4v) is 7.64. The second kappa shape index (κ2) is 9.35. The van der Waals surface area contributed by atoms with E-state index in [4.69, 9.17) is 10.5 Å². The smallest absolute Gasteiger partial charge is 0.248 e. The van der Waals surface area contributed by atoms with Crippen molar-refractivity contribution in [1.82, 2.24) is 4.90 Å². The molecule has 2 aliphatic heterocycles. The van der Waals surface area contributed by atoms with Crippen LogP contribution in [0.25, 0.3) is 0 Å². The Balaban J connectivity index is 0.00000256. The molecule has 0 spiro atoms. The Morgan fingerprint density at radius 2 is 1.83 bits per heavy atom. The summed E-state index contributed by atoms with van der Waals surface area (Å²) in [5.41, 5.74) is 6.80. The zero-order valence-electron chi connectivity index (χ0n) is 17.7. The molecule has 1 aliphatic carbocycles. The topological polar surface area (TPSA) is 96.0 Å². The quantitative estimate of drug-likeness (QED) is 0.621. The highest BCUT2D eigenvalue weighted by molar-refractivity contribution is 8.24. The molecule has 2 bridgehead atoms. The fraction of sp³-hybridized carbons (Fsp3) is 0.682. The van der Waals surface area contributed by atoms with Gasteiger partial charge in [0.05, 0.1) is 0 Å². The summed E-state index contributed by atoms with van der Waals surface area (Å²) in [6.07, 6.45) is 5.27. The Morgan fingerprint density at radius 3 is 2.40 bits per heavy atom. The van der Waals surface area contributed by atoms with E-state index in [-0.39, 0.29) is 18.0 Å². The van der Waals surface area contributed by atoms with E-state index in [2.05, 4.69) is 11.0 Å². The number of carbonyl (C=O) groups is 1. The van der Waals surface area contributed by atoms with Crippen molar-refractivity contribution in [1.29, 1.82) is 0 Å². The van der Waals surface area contributed by atoms with Gasteiger partial charge in [0.2, 0.25) is 5.91 Å². The van der Waals surface area contributed by atoms with Crippen LogP contribution < -0.4 is 5.73 Å². The van der Waals surface area contributed by atoms with Crippen molar-refractivity contribution < 1.29 is 18.6 Å². The Labute approximate surface area is 187 Å². The Kier molecular flexibility index (Phi) is 7.42. The van der Waals surface area contributed by atoms with Gasteiger partial charge in [-0.1, -0.05) is 18.6 Å². The molecule has 170 valence electrons. The van der Waals surface area contributed by atoms with Crippen molar-refractivity contribution in [2.45, 2.75) is 37.7 Å². The molecule has 3 fully saturated rings. The largest absolute Gasteiger partial charge is 0.373 e. The number of carbonyl (C=O) groups excluding carboxylic acids is 1. The molecule has 6 nitrogen and oxygen atoms in total. The number of benzene rings is 1. The van der Waals surface area contributed by atoms with E-state index < -0.39 is 16.5 Å². The molecule has 2 heterocycles. The van der Waals surface area contributed by atoms with Crippen LogP contribution in [-0.4, -0.2) is 58.2 Å². The molecule has 0 radical (unpaired) electrons. The monoisotopic (exact) mass is 458 g/mol. The van der Waals surface area contributed by atoms with Crippen LogP contribution in [0.3, 0.4) is 0 Å². The van der Waals surface area contributed by atoms with E-state index in [9.17, 15) is 13.9 Å². The summed E-state index contributed by atoms with van der Waals surface area (Å²) < 4.78 is 26.1. The number of fused-ring (bicyclic) bond motifs is 2. The third kappa shape index (κ3) is 4.52. The van der Waals surface area contributed by atoms with Crippen molar-refractivity contribution in [2.24, 2.45) is 23.5 Å². The minimum Gasteiger partial charge on any atom is -0.373 e. The Hall–Kier alpha value is -0.830.